The molecule has 1 aliphatic rings. The van der Waals surface area contributed by atoms with E-state index in [4.69, 9.17) is 9.47 Å². The van der Waals surface area contributed by atoms with Crippen LogP contribution in [0.3, 0.4) is 0 Å². The monoisotopic (exact) mass is 272 g/mol. The fourth-order valence-corrected chi connectivity index (χ4v) is 2.35. The molecule has 0 atom stereocenters. The number of carbonyl (C=O) groups is 1. The molecule has 104 valence electrons. The lowest BCUT2D eigenvalue weighted by Crippen LogP contribution is -2.10. The smallest absolute Gasteiger partial charge is 0.359 e. The zero-order valence-electron chi connectivity index (χ0n) is 11.3. The van der Waals surface area contributed by atoms with Crippen LogP contribution in [0.15, 0.2) is 30.3 Å². The highest BCUT2D eigenvalue weighted by Crippen LogP contribution is 2.24. The summed E-state index contributed by atoms with van der Waals surface area (Å²) in [4.78, 5) is 11.9. The molecular formula is C15H16N2O3. The van der Waals surface area contributed by atoms with Gasteiger partial charge in [-0.3, -0.25) is 4.68 Å². The normalized spacial score (nSPS) is 13.2. The standard InChI is InChI=1S/C15H16N2O3/c1-2-20-15(18)14-12-9-19-10-13(12)17(16-14)8-11-6-4-3-5-7-11/h3-7H,2,8-10H2,1H3. The summed E-state index contributed by atoms with van der Waals surface area (Å²) >= 11 is 0. The van der Waals surface area contributed by atoms with Gasteiger partial charge in [-0.25, -0.2) is 4.79 Å². The third kappa shape index (κ3) is 2.32. The van der Waals surface area contributed by atoms with Crippen molar-refractivity contribution in [1.82, 2.24) is 9.78 Å². The molecule has 2 heterocycles. The second kappa shape index (κ2) is 5.46. The van der Waals surface area contributed by atoms with Gasteiger partial charge in [0.25, 0.3) is 0 Å². The number of hydrogen-bond donors (Lipinski definition) is 0. The summed E-state index contributed by atoms with van der Waals surface area (Å²) < 4.78 is 12.3. The van der Waals surface area contributed by atoms with Crippen molar-refractivity contribution in [1.29, 1.82) is 0 Å². The highest BCUT2D eigenvalue weighted by molar-refractivity contribution is 5.89. The third-order valence-corrected chi connectivity index (χ3v) is 3.30. The summed E-state index contributed by atoms with van der Waals surface area (Å²) in [5.41, 5.74) is 3.35. The van der Waals surface area contributed by atoms with Crippen molar-refractivity contribution in [2.45, 2.75) is 26.7 Å². The molecule has 0 aliphatic carbocycles. The Morgan fingerprint density at radius 2 is 2.15 bits per heavy atom. The maximum absolute atomic E-state index is 11.9. The van der Waals surface area contributed by atoms with Gasteiger partial charge in [-0.1, -0.05) is 30.3 Å². The van der Waals surface area contributed by atoms with Crippen LogP contribution in [0.2, 0.25) is 0 Å². The van der Waals surface area contributed by atoms with Crippen LogP contribution >= 0.6 is 0 Å². The van der Waals surface area contributed by atoms with Crippen molar-refractivity contribution in [3.05, 3.63) is 52.8 Å². The Kier molecular flexibility index (Phi) is 3.52. The molecule has 0 unspecified atom stereocenters. The van der Waals surface area contributed by atoms with Crippen LogP contribution in [0.25, 0.3) is 0 Å². The third-order valence-electron chi connectivity index (χ3n) is 3.30. The van der Waals surface area contributed by atoms with E-state index >= 15 is 0 Å². The van der Waals surface area contributed by atoms with Crippen molar-refractivity contribution >= 4 is 5.97 Å². The first-order valence-electron chi connectivity index (χ1n) is 6.67. The molecular weight excluding hydrogens is 256 g/mol. The maximum atomic E-state index is 11.9. The van der Waals surface area contributed by atoms with Gasteiger partial charge >= 0.3 is 5.97 Å². The molecule has 0 saturated carbocycles. The molecule has 0 radical (unpaired) electrons. The van der Waals surface area contributed by atoms with Gasteiger partial charge in [0, 0.05) is 5.56 Å². The van der Waals surface area contributed by atoms with E-state index in [0.717, 1.165) is 16.8 Å². The fourth-order valence-electron chi connectivity index (χ4n) is 2.35. The SMILES string of the molecule is CCOC(=O)c1nn(Cc2ccccc2)c2c1COC2. The molecule has 1 aromatic heterocycles. The van der Waals surface area contributed by atoms with Gasteiger partial charge in [0.1, 0.15) is 0 Å². The molecule has 1 aliphatic heterocycles. The highest BCUT2D eigenvalue weighted by atomic mass is 16.5. The summed E-state index contributed by atoms with van der Waals surface area (Å²) in [7, 11) is 0. The van der Waals surface area contributed by atoms with Crippen molar-refractivity contribution in [2.24, 2.45) is 0 Å². The predicted molar refractivity (Wildman–Crippen MR) is 72.2 cm³/mol. The van der Waals surface area contributed by atoms with E-state index < -0.39 is 0 Å². The minimum atomic E-state index is -0.374. The number of nitrogens with zero attached hydrogens (tertiary/aromatic N) is 2. The number of fused-ring (bicyclic) bond motifs is 1. The molecule has 0 bridgehead atoms. The number of aromatic nitrogens is 2. The number of ether oxygens (including phenoxy) is 2. The lowest BCUT2D eigenvalue weighted by Gasteiger charge is -2.05. The maximum Gasteiger partial charge on any atom is 0.359 e. The van der Waals surface area contributed by atoms with Gasteiger partial charge in [0.15, 0.2) is 5.69 Å². The minimum Gasteiger partial charge on any atom is -0.461 e. The van der Waals surface area contributed by atoms with E-state index in [9.17, 15) is 4.79 Å². The van der Waals surface area contributed by atoms with Crippen molar-refractivity contribution in [2.75, 3.05) is 6.61 Å². The van der Waals surface area contributed by atoms with E-state index in [0.29, 0.717) is 32.1 Å². The van der Waals surface area contributed by atoms with Gasteiger partial charge in [0.05, 0.1) is 32.1 Å². The van der Waals surface area contributed by atoms with Crippen LogP contribution in [-0.4, -0.2) is 22.4 Å². The van der Waals surface area contributed by atoms with Gasteiger partial charge in [-0.2, -0.15) is 5.10 Å². The fraction of sp³-hybridized carbons (Fsp3) is 0.333. The summed E-state index contributed by atoms with van der Waals surface area (Å²) in [5.74, 6) is -0.374. The van der Waals surface area contributed by atoms with Crippen molar-refractivity contribution < 1.29 is 14.3 Å². The highest BCUT2D eigenvalue weighted by Gasteiger charge is 2.27. The Balaban J connectivity index is 1.92. The Bertz CT molecular complexity index is 620. The zero-order valence-corrected chi connectivity index (χ0v) is 11.3. The molecule has 0 fully saturated rings. The first kappa shape index (κ1) is 12.9. The number of hydrogen-bond acceptors (Lipinski definition) is 4. The average Bonchev–Trinajstić information content (AvgIpc) is 3.04. The average molecular weight is 272 g/mol. The first-order valence-corrected chi connectivity index (χ1v) is 6.67. The molecule has 0 N–H and O–H groups in total. The Labute approximate surface area is 117 Å². The molecule has 5 nitrogen and oxygen atoms in total. The largest absolute Gasteiger partial charge is 0.461 e. The second-order valence-corrected chi connectivity index (χ2v) is 4.63. The molecule has 0 saturated heterocycles. The molecule has 5 heteroatoms. The predicted octanol–water partition coefficient (Wildman–Crippen LogP) is 2.14. The van der Waals surface area contributed by atoms with Crippen LogP contribution in [-0.2, 0) is 29.2 Å². The second-order valence-electron chi connectivity index (χ2n) is 4.63. The number of carbonyl (C=O) groups excluding carboxylic acids is 1. The molecule has 0 amide bonds. The van der Waals surface area contributed by atoms with Crippen LogP contribution in [0.4, 0.5) is 0 Å². The summed E-state index contributed by atoms with van der Waals surface area (Å²) in [6, 6.07) is 10.0. The van der Waals surface area contributed by atoms with Gasteiger partial charge in [-0.15, -0.1) is 0 Å². The van der Waals surface area contributed by atoms with E-state index in [1.54, 1.807) is 6.92 Å². The van der Waals surface area contributed by atoms with Gasteiger partial charge in [0.2, 0.25) is 0 Å². The van der Waals surface area contributed by atoms with Crippen molar-refractivity contribution in [3.8, 4) is 0 Å². The van der Waals surface area contributed by atoms with Crippen molar-refractivity contribution in [3.63, 3.8) is 0 Å². The van der Waals surface area contributed by atoms with Crippen LogP contribution in [0.5, 0.6) is 0 Å². The number of esters is 1. The van der Waals surface area contributed by atoms with E-state index in [1.807, 2.05) is 35.0 Å². The molecule has 2 aromatic rings. The lowest BCUT2D eigenvalue weighted by molar-refractivity contribution is 0.0512. The van der Waals surface area contributed by atoms with E-state index in [-0.39, 0.29) is 5.97 Å². The molecule has 3 rings (SSSR count). The summed E-state index contributed by atoms with van der Waals surface area (Å²) in [6.07, 6.45) is 0. The lowest BCUT2D eigenvalue weighted by atomic mass is 10.2. The van der Waals surface area contributed by atoms with E-state index in [1.165, 1.54) is 0 Å². The summed E-state index contributed by atoms with van der Waals surface area (Å²) in [6.45, 7) is 3.69. The Morgan fingerprint density at radius 1 is 1.35 bits per heavy atom. The van der Waals surface area contributed by atoms with Crippen LogP contribution in [0.1, 0.15) is 34.2 Å². The van der Waals surface area contributed by atoms with E-state index in [2.05, 4.69) is 5.10 Å². The molecule has 20 heavy (non-hydrogen) atoms. The van der Waals surface area contributed by atoms with Gasteiger partial charge in [-0.05, 0) is 12.5 Å². The summed E-state index contributed by atoms with van der Waals surface area (Å²) in [5, 5.41) is 4.41. The quantitative estimate of drug-likeness (QED) is 0.800. The van der Waals surface area contributed by atoms with Gasteiger partial charge < -0.3 is 9.47 Å². The minimum absolute atomic E-state index is 0.347. The molecule has 0 spiro atoms. The Hall–Kier alpha value is -2.14. The van der Waals surface area contributed by atoms with Crippen LogP contribution in [0, 0.1) is 0 Å². The first-order chi connectivity index (χ1) is 9.79. The zero-order chi connectivity index (χ0) is 13.9. The van der Waals surface area contributed by atoms with Crippen LogP contribution < -0.4 is 0 Å². The number of benzene rings is 1. The number of rotatable bonds is 4. The Morgan fingerprint density at radius 3 is 2.90 bits per heavy atom. The molecule has 1 aromatic carbocycles. The topological polar surface area (TPSA) is 53.3 Å².